The largest absolute Gasteiger partial charge is 0.310 e. The molecule has 4 nitrogen and oxygen atoms in total. The lowest BCUT2D eigenvalue weighted by atomic mass is 10.2. The molecule has 1 atom stereocenters. The Morgan fingerprint density at radius 1 is 1.42 bits per heavy atom. The Morgan fingerprint density at radius 3 is 2.63 bits per heavy atom. The number of likely N-dealkylation sites (N-methyl/N-ethyl adjacent to an activating group) is 1. The third-order valence-electron chi connectivity index (χ3n) is 3.78. The van der Waals surface area contributed by atoms with Crippen molar-refractivity contribution in [1.82, 2.24) is 20.0 Å². The smallest absolute Gasteiger partial charge is 0.0863 e. The van der Waals surface area contributed by atoms with Gasteiger partial charge in [-0.15, -0.1) is 0 Å². The fourth-order valence-corrected chi connectivity index (χ4v) is 2.37. The summed E-state index contributed by atoms with van der Waals surface area (Å²) in [7, 11) is 4.12. The molecule has 19 heavy (non-hydrogen) atoms. The molecule has 0 fully saturated rings. The number of aryl methyl sites for hydroxylation is 2. The molecule has 0 radical (unpaired) electrons. The summed E-state index contributed by atoms with van der Waals surface area (Å²) >= 11 is 6.31. The summed E-state index contributed by atoms with van der Waals surface area (Å²) in [5.74, 6) is 0. The van der Waals surface area contributed by atoms with Crippen molar-refractivity contribution in [3.8, 4) is 0 Å². The van der Waals surface area contributed by atoms with Crippen molar-refractivity contribution in [3.63, 3.8) is 0 Å². The lowest BCUT2D eigenvalue weighted by molar-refractivity contribution is 0.251. The van der Waals surface area contributed by atoms with Gasteiger partial charge in [-0.05, 0) is 26.8 Å². The summed E-state index contributed by atoms with van der Waals surface area (Å²) in [5, 5.41) is 8.67. The van der Waals surface area contributed by atoms with E-state index in [1.807, 2.05) is 11.7 Å². The van der Waals surface area contributed by atoms with Gasteiger partial charge in [0.05, 0.1) is 16.4 Å². The van der Waals surface area contributed by atoms with Crippen LogP contribution in [-0.2, 0) is 20.0 Å². The highest BCUT2D eigenvalue weighted by Gasteiger charge is 2.12. The molecule has 0 aliphatic heterocycles. The van der Waals surface area contributed by atoms with Gasteiger partial charge in [-0.25, -0.2) is 0 Å². The fraction of sp³-hybridized carbons (Fsp3) is 0.786. The average molecular weight is 287 g/mol. The number of hydrogen-bond acceptors (Lipinski definition) is 3. The standard InChI is InChI=1S/C14H27ClN4/c1-6-11(3)18(4)9-8-16-10-13-14(15)12(7-2)17-19(13)5/h11,16H,6-10H2,1-5H3. The van der Waals surface area contributed by atoms with Crippen molar-refractivity contribution in [2.75, 3.05) is 20.1 Å². The molecular weight excluding hydrogens is 260 g/mol. The zero-order chi connectivity index (χ0) is 14.4. The maximum atomic E-state index is 6.31. The first-order chi connectivity index (χ1) is 9.01. The fourth-order valence-electron chi connectivity index (χ4n) is 2.01. The predicted octanol–water partition coefficient (Wildman–Crippen LogP) is 2.46. The first-order valence-electron chi connectivity index (χ1n) is 7.12. The highest BCUT2D eigenvalue weighted by Crippen LogP contribution is 2.20. The van der Waals surface area contributed by atoms with Crippen LogP contribution in [0.4, 0.5) is 0 Å². The van der Waals surface area contributed by atoms with Crippen LogP contribution in [0.25, 0.3) is 0 Å². The Bertz CT molecular complexity index is 389. The molecule has 0 saturated heterocycles. The second kappa shape index (κ2) is 7.88. The van der Waals surface area contributed by atoms with E-state index in [0.717, 1.165) is 42.5 Å². The highest BCUT2D eigenvalue weighted by atomic mass is 35.5. The van der Waals surface area contributed by atoms with Crippen molar-refractivity contribution in [2.24, 2.45) is 7.05 Å². The molecule has 1 unspecified atom stereocenters. The molecule has 1 aromatic heterocycles. The molecule has 0 aliphatic rings. The number of nitrogens with one attached hydrogen (secondary N) is 1. The van der Waals surface area contributed by atoms with Gasteiger partial charge < -0.3 is 10.2 Å². The average Bonchev–Trinajstić information content (AvgIpc) is 2.68. The van der Waals surface area contributed by atoms with E-state index in [4.69, 9.17) is 11.6 Å². The third-order valence-corrected chi connectivity index (χ3v) is 4.22. The number of halogens is 1. The molecule has 0 saturated carbocycles. The normalized spacial score (nSPS) is 13.2. The van der Waals surface area contributed by atoms with Gasteiger partial charge in [-0.3, -0.25) is 4.68 Å². The lowest BCUT2D eigenvalue weighted by Crippen LogP contribution is -2.35. The minimum Gasteiger partial charge on any atom is -0.310 e. The van der Waals surface area contributed by atoms with Crippen LogP contribution < -0.4 is 5.32 Å². The summed E-state index contributed by atoms with van der Waals surface area (Å²) in [6, 6.07) is 0.633. The van der Waals surface area contributed by atoms with E-state index < -0.39 is 0 Å². The van der Waals surface area contributed by atoms with Crippen LogP contribution in [0.1, 0.15) is 38.6 Å². The quantitative estimate of drug-likeness (QED) is 0.745. The van der Waals surface area contributed by atoms with Gasteiger partial charge >= 0.3 is 0 Å². The molecule has 0 aromatic carbocycles. The zero-order valence-corrected chi connectivity index (χ0v) is 13.6. The second-order valence-corrected chi connectivity index (χ2v) is 5.48. The van der Waals surface area contributed by atoms with Crippen LogP contribution in [0, 0.1) is 0 Å². The summed E-state index contributed by atoms with van der Waals surface area (Å²) in [5.41, 5.74) is 2.06. The van der Waals surface area contributed by atoms with Gasteiger partial charge in [0.15, 0.2) is 0 Å². The summed E-state index contributed by atoms with van der Waals surface area (Å²) in [4.78, 5) is 2.37. The van der Waals surface area contributed by atoms with Crippen LogP contribution >= 0.6 is 11.6 Å². The van der Waals surface area contributed by atoms with E-state index >= 15 is 0 Å². The van der Waals surface area contributed by atoms with Crippen molar-refractivity contribution >= 4 is 11.6 Å². The Kier molecular flexibility index (Phi) is 6.83. The summed E-state index contributed by atoms with van der Waals surface area (Å²) in [6.07, 6.45) is 2.06. The van der Waals surface area contributed by atoms with Crippen LogP contribution in [0.2, 0.25) is 5.02 Å². The van der Waals surface area contributed by atoms with Gasteiger partial charge in [-0.1, -0.05) is 25.4 Å². The number of aromatic nitrogens is 2. The number of hydrogen-bond donors (Lipinski definition) is 1. The van der Waals surface area contributed by atoms with Gasteiger partial charge in [0.25, 0.3) is 0 Å². The number of rotatable bonds is 8. The zero-order valence-electron chi connectivity index (χ0n) is 12.8. The van der Waals surface area contributed by atoms with Gasteiger partial charge in [0.1, 0.15) is 0 Å². The Hall–Kier alpha value is -0.580. The molecule has 0 amide bonds. The molecule has 1 N–H and O–H groups in total. The van der Waals surface area contributed by atoms with Crippen molar-refractivity contribution in [2.45, 2.75) is 46.2 Å². The maximum Gasteiger partial charge on any atom is 0.0863 e. The molecule has 1 rings (SSSR count). The van der Waals surface area contributed by atoms with Gasteiger partial charge in [0, 0.05) is 32.7 Å². The molecule has 0 spiro atoms. The van der Waals surface area contributed by atoms with Crippen LogP contribution in [0.15, 0.2) is 0 Å². The van der Waals surface area contributed by atoms with Gasteiger partial charge in [-0.2, -0.15) is 5.10 Å². The SMILES string of the molecule is CCc1nn(C)c(CNCCN(C)C(C)CC)c1Cl. The van der Waals surface area contributed by atoms with E-state index in [2.05, 4.69) is 43.1 Å². The molecule has 5 heteroatoms. The summed E-state index contributed by atoms with van der Waals surface area (Å²) in [6.45, 7) is 9.33. The van der Waals surface area contributed by atoms with E-state index in [1.165, 1.54) is 6.42 Å². The monoisotopic (exact) mass is 286 g/mol. The third kappa shape index (κ3) is 4.48. The molecule has 0 aliphatic carbocycles. The maximum absolute atomic E-state index is 6.31. The van der Waals surface area contributed by atoms with Crippen molar-refractivity contribution in [3.05, 3.63) is 16.4 Å². The van der Waals surface area contributed by atoms with E-state index in [1.54, 1.807) is 0 Å². The molecule has 0 bridgehead atoms. The highest BCUT2D eigenvalue weighted by molar-refractivity contribution is 6.31. The second-order valence-electron chi connectivity index (χ2n) is 5.10. The molecule has 110 valence electrons. The lowest BCUT2D eigenvalue weighted by Gasteiger charge is -2.23. The van der Waals surface area contributed by atoms with Crippen LogP contribution in [0.3, 0.4) is 0 Å². The predicted molar refractivity (Wildman–Crippen MR) is 81.7 cm³/mol. The minimum atomic E-state index is 0.633. The first kappa shape index (κ1) is 16.5. The molecule has 1 aromatic rings. The number of nitrogens with zero attached hydrogens (tertiary/aromatic N) is 3. The van der Waals surface area contributed by atoms with E-state index in [-0.39, 0.29) is 0 Å². The van der Waals surface area contributed by atoms with E-state index in [0.29, 0.717) is 6.04 Å². The van der Waals surface area contributed by atoms with Crippen molar-refractivity contribution < 1.29 is 0 Å². The molecular formula is C14H27ClN4. The van der Waals surface area contributed by atoms with Crippen LogP contribution in [0.5, 0.6) is 0 Å². The first-order valence-corrected chi connectivity index (χ1v) is 7.50. The minimum absolute atomic E-state index is 0.633. The topological polar surface area (TPSA) is 33.1 Å². The van der Waals surface area contributed by atoms with E-state index in [9.17, 15) is 0 Å². The molecule has 1 heterocycles. The Labute approximate surface area is 122 Å². The Balaban J connectivity index is 2.40. The van der Waals surface area contributed by atoms with Crippen LogP contribution in [-0.4, -0.2) is 40.9 Å². The van der Waals surface area contributed by atoms with Crippen molar-refractivity contribution in [1.29, 1.82) is 0 Å². The van der Waals surface area contributed by atoms with Gasteiger partial charge in [0.2, 0.25) is 0 Å². The summed E-state index contributed by atoms with van der Waals surface area (Å²) < 4.78 is 1.88. The Morgan fingerprint density at radius 2 is 2.11 bits per heavy atom.